The molecule has 0 aromatic heterocycles. The predicted octanol–water partition coefficient (Wildman–Crippen LogP) is -0.410. The van der Waals surface area contributed by atoms with Crippen molar-refractivity contribution in [3.8, 4) is 0 Å². The highest BCUT2D eigenvalue weighted by atomic mass is 16.6. The number of carbonyl (C=O) groups is 2. The maximum absolute atomic E-state index is 8.81. The molecule has 6 nitrogen and oxygen atoms in total. The van der Waals surface area contributed by atoms with Crippen molar-refractivity contribution in [3.63, 3.8) is 0 Å². The van der Waals surface area contributed by atoms with E-state index in [0.717, 1.165) is 13.2 Å². The summed E-state index contributed by atoms with van der Waals surface area (Å²) in [6, 6.07) is 0. The molecule has 2 aliphatic heterocycles. The van der Waals surface area contributed by atoms with Crippen molar-refractivity contribution in [2.24, 2.45) is 0 Å². The van der Waals surface area contributed by atoms with Gasteiger partial charge in [-0.25, -0.2) is 0 Å². The summed E-state index contributed by atoms with van der Waals surface area (Å²) in [4.78, 5) is 17.6. The molecule has 2 fully saturated rings. The van der Waals surface area contributed by atoms with Gasteiger partial charge < -0.3 is 18.9 Å². The van der Waals surface area contributed by atoms with Gasteiger partial charge in [0.15, 0.2) is 12.6 Å². The molecule has 6 heteroatoms. The van der Waals surface area contributed by atoms with Crippen LogP contribution in [0.25, 0.3) is 0 Å². The minimum absolute atomic E-state index is 0.156. The lowest BCUT2D eigenvalue weighted by Gasteiger charge is -2.11. The summed E-state index contributed by atoms with van der Waals surface area (Å²) >= 11 is 0. The minimum Gasteiger partial charge on any atom is -0.376 e. The van der Waals surface area contributed by atoms with E-state index in [1.165, 1.54) is 0 Å². The topological polar surface area (TPSA) is 77.7 Å². The Morgan fingerprint density at radius 1 is 1.18 bits per heavy atom. The van der Waals surface area contributed by atoms with Crippen LogP contribution in [-0.2, 0) is 28.5 Å². The fraction of sp³-hybridized carbons (Fsp3) is 0.818. The van der Waals surface area contributed by atoms with Gasteiger partial charge in [0.25, 0.3) is 0 Å². The van der Waals surface area contributed by atoms with E-state index in [1.807, 2.05) is 6.92 Å². The maximum Gasteiger partial charge on any atom is 0.182 e. The summed E-state index contributed by atoms with van der Waals surface area (Å²) in [6.07, 6.45) is 1.23. The van der Waals surface area contributed by atoms with E-state index < -0.39 is 0 Å². The van der Waals surface area contributed by atoms with E-state index >= 15 is 0 Å². The Balaban J connectivity index is 0.000000317. The second-order valence-electron chi connectivity index (χ2n) is 3.86. The van der Waals surface area contributed by atoms with Crippen LogP contribution < -0.4 is 0 Å². The lowest BCUT2D eigenvalue weighted by atomic mass is 10.4. The summed E-state index contributed by atoms with van der Waals surface area (Å²) in [5.74, 6) is 0. The lowest BCUT2D eigenvalue weighted by molar-refractivity contribution is -0.122. The van der Waals surface area contributed by atoms with Crippen LogP contribution in [0.2, 0.25) is 0 Å². The number of epoxide rings is 2. The first-order valence-electron chi connectivity index (χ1n) is 5.57. The molecule has 0 bridgehead atoms. The largest absolute Gasteiger partial charge is 0.376 e. The normalized spacial score (nSPS) is 26.4. The molecule has 3 unspecified atom stereocenters. The standard InChI is InChI=1S/C9H16O4.C2H2O2/c1-7(11-4-9-6-13-9)2-10-3-8-5-12-8;3-1-2-4/h7-9H,2-6H2,1H3;1-2H. The van der Waals surface area contributed by atoms with Crippen LogP contribution in [0.3, 0.4) is 0 Å². The molecule has 0 spiro atoms. The third-order valence-corrected chi connectivity index (χ3v) is 2.08. The van der Waals surface area contributed by atoms with Crippen LogP contribution in [0, 0.1) is 0 Å². The Labute approximate surface area is 100 Å². The van der Waals surface area contributed by atoms with Gasteiger partial charge in [-0.15, -0.1) is 0 Å². The van der Waals surface area contributed by atoms with E-state index in [4.69, 9.17) is 28.5 Å². The van der Waals surface area contributed by atoms with Gasteiger partial charge in [0.2, 0.25) is 0 Å². The molecule has 0 aliphatic carbocycles. The highest BCUT2D eigenvalue weighted by Gasteiger charge is 2.24. The molecule has 2 rings (SSSR count). The van der Waals surface area contributed by atoms with Crippen LogP contribution in [0.1, 0.15) is 6.92 Å². The zero-order chi connectivity index (χ0) is 12.5. The SMILES string of the molecule is CC(COCC1CO1)OCC1CO1.O=CC=O. The number of rotatable bonds is 8. The third kappa shape index (κ3) is 8.93. The molecule has 0 N–H and O–H groups in total. The predicted molar refractivity (Wildman–Crippen MR) is 57.8 cm³/mol. The second kappa shape index (κ2) is 8.30. The molecule has 0 radical (unpaired) electrons. The quantitative estimate of drug-likeness (QED) is 0.329. The zero-order valence-electron chi connectivity index (χ0n) is 9.87. The van der Waals surface area contributed by atoms with Crippen molar-refractivity contribution >= 4 is 12.6 Å². The number of hydrogen-bond acceptors (Lipinski definition) is 6. The molecule has 2 aliphatic rings. The van der Waals surface area contributed by atoms with Crippen LogP contribution in [0.4, 0.5) is 0 Å². The molecule has 0 amide bonds. The Morgan fingerprint density at radius 2 is 1.71 bits per heavy atom. The number of aldehydes is 2. The van der Waals surface area contributed by atoms with Crippen molar-refractivity contribution in [3.05, 3.63) is 0 Å². The van der Waals surface area contributed by atoms with Crippen molar-refractivity contribution in [2.75, 3.05) is 33.0 Å². The Kier molecular flexibility index (Phi) is 6.95. The van der Waals surface area contributed by atoms with E-state index in [2.05, 4.69) is 0 Å². The third-order valence-electron chi connectivity index (χ3n) is 2.08. The molecule has 0 aromatic rings. The summed E-state index contributed by atoms with van der Waals surface area (Å²) in [5, 5.41) is 0. The molecule has 3 atom stereocenters. The van der Waals surface area contributed by atoms with E-state index in [1.54, 1.807) is 0 Å². The summed E-state index contributed by atoms with van der Waals surface area (Å²) < 4.78 is 20.9. The van der Waals surface area contributed by atoms with Gasteiger partial charge in [-0.2, -0.15) is 0 Å². The van der Waals surface area contributed by atoms with Crippen LogP contribution >= 0.6 is 0 Å². The smallest absolute Gasteiger partial charge is 0.182 e. The first-order chi connectivity index (χ1) is 8.26. The second-order valence-corrected chi connectivity index (χ2v) is 3.86. The Morgan fingerprint density at radius 3 is 2.18 bits per heavy atom. The molecule has 0 aromatic carbocycles. The fourth-order valence-electron chi connectivity index (χ4n) is 1.01. The molecule has 2 heterocycles. The van der Waals surface area contributed by atoms with Gasteiger partial charge in [0.1, 0.15) is 12.2 Å². The zero-order valence-corrected chi connectivity index (χ0v) is 9.87. The fourth-order valence-corrected chi connectivity index (χ4v) is 1.01. The molecule has 2 saturated heterocycles. The van der Waals surface area contributed by atoms with Gasteiger partial charge in [-0.05, 0) is 6.92 Å². The van der Waals surface area contributed by atoms with Crippen molar-refractivity contribution in [2.45, 2.75) is 25.2 Å². The average molecular weight is 246 g/mol. The highest BCUT2D eigenvalue weighted by Crippen LogP contribution is 2.11. The Bertz CT molecular complexity index is 218. The first kappa shape index (κ1) is 14.2. The molecular formula is C11H18O6. The highest BCUT2D eigenvalue weighted by molar-refractivity contribution is 6.09. The van der Waals surface area contributed by atoms with Crippen LogP contribution in [-0.4, -0.2) is 63.9 Å². The molecular weight excluding hydrogens is 228 g/mol. The monoisotopic (exact) mass is 246 g/mol. The molecule has 98 valence electrons. The van der Waals surface area contributed by atoms with Gasteiger partial charge in [-0.1, -0.05) is 0 Å². The van der Waals surface area contributed by atoms with E-state index in [9.17, 15) is 0 Å². The minimum atomic E-state index is 0.156. The molecule has 17 heavy (non-hydrogen) atoms. The number of ether oxygens (including phenoxy) is 4. The number of carbonyl (C=O) groups excluding carboxylic acids is 2. The summed E-state index contributed by atoms with van der Waals surface area (Å²) in [5.41, 5.74) is 0. The first-order valence-corrected chi connectivity index (χ1v) is 5.57. The average Bonchev–Trinajstić information content (AvgIpc) is 3.19. The van der Waals surface area contributed by atoms with Gasteiger partial charge in [0, 0.05) is 0 Å². The van der Waals surface area contributed by atoms with E-state index in [0.29, 0.717) is 32.0 Å². The van der Waals surface area contributed by atoms with Gasteiger partial charge in [0.05, 0.1) is 39.1 Å². The van der Waals surface area contributed by atoms with Gasteiger partial charge in [-0.3, -0.25) is 9.59 Å². The lowest BCUT2D eigenvalue weighted by Crippen LogP contribution is -2.19. The summed E-state index contributed by atoms with van der Waals surface area (Å²) in [6.45, 7) is 5.76. The van der Waals surface area contributed by atoms with Crippen molar-refractivity contribution in [1.82, 2.24) is 0 Å². The van der Waals surface area contributed by atoms with Crippen molar-refractivity contribution < 1.29 is 28.5 Å². The molecule has 0 saturated carbocycles. The number of hydrogen-bond donors (Lipinski definition) is 0. The van der Waals surface area contributed by atoms with Crippen LogP contribution in [0.5, 0.6) is 0 Å². The van der Waals surface area contributed by atoms with Crippen molar-refractivity contribution in [1.29, 1.82) is 0 Å². The maximum atomic E-state index is 8.81. The Hall–Kier alpha value is -0.820. The van der Waals surface area contributed by atoms with Gasteiger partial charge >= 0.3 is 0 Å². The van der Waals surface area contributed by atoms with E-state index in [-0.39, 0.29) is 18.7 Å². The van der Waals surface area contributed by atoms with Crippen LogP contribution in [0.15, 0.2) is 0 Å². The summed E-state index contributed by atoms with van der Waals surface area (Å²) in [7, 11) is 0.